The van der Waals surface area contributed by atoms with Crippen LogP contribution in [0.15, 0.2) is 65.6 Å². The molecule has 204 valence electrons. The zero-order chi connectivity index (χ0) is 27.9. The van der Waals surface area contributed by atoms with E-state index < -0.39 is 10.1 Å². The maximum Gasteiger partial charge on any atom is 0.339 e. The molecule has 0 atom stereocenters. The summed E-state index contributed by atoms with van der Waals surface area (Å²) in [6.45, 7) is 5.98. The third-order valence-electron chi connectivity index (χ3n) is 5.88. The van der Waals surface area contributed by atoms with Crippen molar-refractivity contribution in [2.75, 3.05) is 38.3 Å². The van der Waals surface area contributed by atoms with E-state index in [4.69, 9.17) is 43.7 Å². The fraction of sp³-hybridized carbons (Fsp3) is 0.296. The number of benzene rings is 3. The maximum atomic E-state index is 13.4. The van der Waals surface area contributed by atoms with Gasteiger partial charge in [0.15, 0.2) is 0 Å². The number of methoxy groups -OCH3 is 1. The second kappa shape index (κ2) is 13.5. The van der Waals surface area contributed by atoms with Gasteiger partial charge in [0.1, 0.15) is 10.6 Å². The minimum atomic E-state index is -4.27. The third-order valence-corrected chi connectivity index (χ3v) is 8.18. The zero-order valence-electron chi connectivity index (χ0n) is 21.3. The van der Waals surface area contributed by atoms with E-state index in [1.54, 1.807) is 36.4 Å². The quantitative estimate of drug-likeness (QED) is 0.220. The lowest BCUT2D eigenvalue weighted by Gasteiger charge is -2.26. The van der Waals surface area contributed by atoms with Crippen molar-refractivity contribution in [2.45, 2.75) is 25.3 Å². The SMILES string of the molecule is CCN(CC)c1ccc(CN(CCOC)C(=O)c2ccccc2Cl)c(OS(=O)(=O)c2ccc(Cl)c(Cl)c2)c1. The van der Waals surface area contributed by atoms with Crippen LogP contribution >= 0.6 is 34.8 Å². The maximum absolute atomic E-state index is 13.4. The van der Waals surface area contributed by atoms with Gasteiger partial charge in [0, 0.05) is 50.6 Å². The highest BCUT2D eigenvalue weighted by atomic mass is 35.5. The van der Waals surface area contributed by atoms with Crippen molar-refractivity contribution in [2.24, 2.45) is 0 Å². The molecule has 3 aromatic rings. The van der Waals surface area contributed by atoms with E-state index in [1.807, 2.05) is 19.9 Å². The molecule has 0 aliphatic carbocycles. The van der Waals surface area contributed by atoms with Crippen LogP contribution in [0.3, 0.4) is 0 Å². The summed E-state index contributed by atoms with van der Waals surface area (Å²) in [4.78, 5) is 16.9. The molecule has 38 heavy (non-hydrogen) atoms. The van der Waals surface area contributed by atoms with Gasteiger partial charge in [0.05, 0.1) is 27.2 Å². The van der Waals surface area contributed by atoms with E-state index in [1.165, 1.54) is 30.2 Å². The van der Waals surface area contributed by atoms with E-state index in [0.717, 1.165) is 5.69 Å². The van der Waals surface area contributed by atoms with Gasteiger partial charge >= 0.3 is 10.1 Å². The summed E-state index contributed by atoms with van der Waals surface area (Å²) in [6, 6.07) is 16.0. The Morgan fingerprint density at radius 3 is 2.24 bits per heavy atom. The van der Waals surface area contributed by atoms with E-state index in [0.29, 0.717) is 29.2 Å². The van der Waals surface area contributed by atoms with Gasteiger partial charge in [-0.25, -0.2) is 0 Å². The van der Waals surface area contributed by atoms with Gasteiger partial charge < -0.3 is 18.7 Å². The van der Waals surface area contributed by atoms with Crippen LogP contribution in [0.4, 0.5) is 5.69 Å². The molecule has 0 saturated carbocycles. The third kappa shape index (κ3) is 7.33. The molecular weight excluding hydrogens is 571 g/mol. The number of carbonyl (C=O) groups is 1. The Balaban J connectivity index is 2.05. The Bertz CT molecular complexity index is 1380. The van der Waals surface area contributed by atoms with E-state index >= 15 is 0 Å². The topological polar surface area (TPSA) is 76.2 Å². The molecule has 7 nitrogen and oxygen atoms in total. The van der Waals surface area contributed by atoms with Crippen molar-refractivity contribution in [3.63, 3.8) is 0 Å². The van der Waals surface area contributed by atoms with Crippen molar-refractivity contribution in [1.29, 1.82) is 0 Å². The van der Waals surface area contributed by atoms with Crippen LogP contribution in [-0.2, 0) is 21.4 Å². The molecule has 0 heterocycles. The molecule has 0 aromatic heterocycles. The van der Waals surface area contributed by atoms with Crippen molar-refractivity contribution in [3.05, 3.63) is 86.9 Å². The Morgan fingerprint density at radius 1 is 0.895 bits per heavy atom. The second-order valence-corrected chi connectivity index (χ2v) is 11.0. The number of rotatable bonds is 12. The van der Waals surface area contributed by atoms with E-state index in [-0.39, 0.29) is 46.3 Å². The fourth-order valence-electron chi connectivity index (χ4n) is 3.80. The predicted octanol–water partition coefficient (Wildman–Crippen LogP) is 6.55. The van der Waals surface area contributed by atoms with Crippen molar-refractivity contribution >= 4 is 56.5 Å². The minimum Gasteiger partial charge on any atom is -0.383 e. The highest BCUT2D eigenvalue weighted by molar-refractivity contribution is 7.87. The van der Waals surface area contributed by atoms with Gasteiger partial charge in [-0.15, -0.1) is 0 Å². The van der Waals surface area contributed by atoms with Gasteiger partial charge in [-0.3, -0.25) is 4.79 Å². The molecule has 11 heteroatoms. The Kier molecular flexibility index (Phi) is 10.7. The van der Waals surface area contributed by atoms with Crippen LogP contribution < -0.4 is 9.08 Å². The number of halogens is 3. The van der Waals surface area contributed by atoms with Gasteiger partial charge in [0.25, 0.3) is 5.91 Å². The van der Waals surface area contributed by atoms with Gasteiger partial charge in [-0.1, -0.05) is 53.0 Å². The molecule has 0 bridgehead atoms. The highest BCUT2D eigenvalue weighted by Gasteiger charge is 2.24. The number of amides is 1. The number of carbonyl (C=O) groups excluding carboxylic acids is 1. The summed E-state index contributed by atoms with van der Waals surface area (Å²) in [5.41, 5.74) is 1.59. The summed E-state index contributed by atoms with van der Waals surface area (Å²) in [5.74, 6) is -0.228. The first-order chi connectivity index (χ1) is 18.1. The van der Waals surface area contributed by atoms with Gasteiger partial charge in [0.2, 0.25) is 0 Å². The molecular formula is C27H29Cl3N2O5S. The number of hydrogen-bond acceptors (Lipinski definition) is 6. The van der Waals surface area contributed by atoms with Crippen LogP contribution in [0.5, 0.6) is 5.75 Å². The average molecular weight is 600 g/mol. The number of hydrogen-bond donors (Lipinski definition) is 0. The molecule has 0 aliphatic rings. The Morgan fingerprint density at radius 2 is 1.61 bits per heavy atom. The highest BCUT2D eigenvalue weighted by Crippen LogP contribution is 2.32. The minimum absolute atomic E-state index is 0.0537. The smallest absolute Gasteiger partial charge is 0.339 e. The Hall–Kier alpha value is -2.49. The standard InChI is InChI=1S/C27H29Cl3N2O5S/c1-4-31(5-2)20-11-10-19(18-32(14-15-36-3)27(33)22-8-6-7-9-23(22)28)26(16-20)37-38(34,35)21-12-13-24(29)25(30)17-21/h6-13,16-17H,4-5,14-15,18H2,1-3H3. The van der Waals surface area contributed by atoms with Gasteiger partial charge in [-0.05, 0) is 50.2 Å². The first-order valence-electron chi connectivity index (χ1n) is 11.9. The first kappa shape index (κ1) is 30.1. The lowest BCUT2D eigenvalue weighted by atomic mass is 10.1. The van der Waals surface area contributed by atoms with Crippen molar-refractivity contribution in [3.8, 4) is 5.75 Å². The summed E-state index contributed by atoms with van der Waals surface area (Å²) < 4.78 is 37.3. The molecule has 0 N–H and O–H groups in total. The molecule has 3 rings (SSSR count). The second-order valence-electron chi connectivity index (χ2n) is 8.28. The molecule has 0 spiro atoms. The molecule has 0 fully saturated rings. The van der Waals surface area contributed by atoms with E-state index in [2.05, 4.69) is 4.90 Å². The zero-order valence-corrected chi connectivity index (χ0v) is 24.4. The number of ether oxygens (including phenoxy) is 1. The number of anilines is 1. The summed E-state index contributed by atoms with van der Waals surface area (Å²) in [7, 11) is -2.74. The summed E-state index contributed by atoms with van der Waals surface area (Å²) in [6.07, 6.45) is 0. The van der Waals surface area contributed by atoms with Crippen molar-refractivity contribution < 1.29 is 22.1 Å². The summed E-state index contributed by atoms with van der Waals surface area (Å²) in [5, 5.41) is 0.627. The molecule has 0 unspecified atom stereocenters. The molecule has 3 aromatic carbocycles. The van der Waals surface area contributed by atoms with Crippen LogP contribution in [0.2, 0.25) is 15.1 Å². The van der Waals surface area contributed by atoms with Crippen LogP contribution in [0, 0.1) is 0 Å². The summed E-state index contributed by atoms with van der Waals surface area (Å²) >= 11 is 18.3. The van der Waals surface area contributed by atoms with Gasteiger partial charge in [-0.2, -0.15) is 8.42 Å². The Labute approximate surface area is 238 Å². The van der Waals surface area contributed by atoms with Crippen LogP contribution in [-0.4, -0.2) is 52.6 Å². The lowest BCUT2D eigenvalue weighted by Crippen LogP contribution is -2.34. The first-order valence-corrected chi connectivity index (χ1v) is 14.5. The molecule has 0 saturated heterocycles. The predicted molar refractivity (Wildman–Crippen MR) is 152 cm³/mol. The van der Waals surface area contributed by atoms with E-state index in [9.17, 15) is 13.2 Å². The normalized spacial score (nSPS) is 11.3. The van der Waals surface area contributed by atoms with Crippen molar-refractivity contribution in [1.82, 2.24) is 4.90 Å². The molecule has 0 aliphatic heterocycles. The average Bonchev–Trinajstić information content (AvgIpc) is 2.89. The fourth-order valence-corrected chi connectivity index (χ4v) is 5.36. The monoisotopic (exact) mass is 598 g/mol. The molecule has 1 amide bonds. The van der Waals surface area contributed by atoms with Crippen LogP contribution in [0.25, 0.3) is 0 Å². The number of nitrogens with zero attached hydrogens (tertiary/aromatic N) is 2. The van der Waals surface area contributed by atoms with Crippen LogP contribution in [0.1, 0.15) is 29.8 Å². The lowest BCUT2D eigenvalue weighted by molar-refractivity contribution is 0.0680. The largest absolute Gasteiger partial charge is 0.383 e. The molecule has 0 radical (unpaired) electrons.